The number of rotatable bonds is 5. The number of amides is 2. The van der Waals surface area contributed by atoms with E-state index in [9.17, 15) is 14.0 Å². The number of anilines is 1. The average molecular weight is 463 g/mol. The molecule has 1 saturated heterocycles. The first-order valence-corrected chi connectivity index (χ1v) is 11.7. The minimum atomic E-state index is -0.368. The van der Waals surface area contributed by atoms with Crippen LogP contribution in [0, 0.1) is 11.7 Å². The molecule has 2 amide bonds. The van der Waals surface area contributed by atoms with E-state index in [1.807, 2.05) is 0 Å². The van der Waals surface area contributed by atoms with Crippen LogP contribution in [-0.4, -0.2) is 39.6 Å². The fraction of sp³-hybridized carbons (Fsp3) is 0.370. The fourth-order valence-corrected chi connectivity index (χ4v) is 4.20. The van der Waals surface area contributed by atoms with Crippen LogP contribution >= 0.6 is 0 Å². The molecule has 0 bridgehead atoms. The van der Waals surface area contributed by atoms with Crippen LogP contribution in [0.25, 0.3) is 0 Å². The minimum Gasteiger partial charge on any atom is -0.339 e. The van der Waals surface area contributed by atoms with Gasteiger partial charge in [-0.3, -0.25) is 9.59 Å². The molecule has 0 unspecified atom stereocenters. The van der Waals surface area contributed by atoms with E-state index in [0.29, 0.717) is 43.9 Å². The highest BCUT2D eigenvalue weighted by atomic mass is 19.1. The molecule has 0 saturated carbocycles. The fourth-order valence-electron chi connectivity index (χ4n) is 4.20. The highest BCUT2D eigenvalue weighted by molar-refractivity contribution is 5.95. The van der Waals surface area contributed by atoms with Crippen LogP contribution in [-0.2, 0) is 16.8 Å². The zero-order chi connectivity index (χ0) is 24.3. The summed E-state index contributed by atoms with van der Waals surface area (Å²) in [6, 6.07) is 15.8. The van der Waals surface area contributed by atoms with Crippen LogP contribution in [0.3, 0.4) is 0 Å². The summed E-state index contributed by atoms with van der Waals surface area (Å²) in [6.07, 6.45) is 2.85. The van der Waals surface area contributed by atoms with E-state index >= 15 is 0 Å². The van der Waals surface area contributed by atoms with Gasteiger partial charge in [0, 0.05) is 30.6 Å². The molecule has 2 aromatic carbocycles. The molecular weight excluding hydrogens is 431 g/mol. The molecule has 178 valence electrons. The number of hydrogen-bond donors (Lipinski definition) is 1. The van der Waals surface area contributed by atoms with Crippen LogP contribution in [0.4, 0.5) is 10.2 Å². The van der Waals surface area contributed by atoms with Crippen LogP contribution in [0.15, 0.2) is 60.8 Å². The van der Waals surface area contributed by atoms with E-state index in [4.69, 9.17) is 0 Å². The van der Waals surface area contributed by atoms with Crippen molar-refractivity contribution >= 4 is 17.6 Å². The number of nitrogens with one attached hydrogen (secondary N) is 1. The van der Waals surface area contributed by atoms with Crippen molar-refractivity contribution in [3.63, 3.8) is 0 Å². The van der Waals surface area contributed by atoms with Gasteiger partial charge in [0.1, 0.15) is 11.6 Å². The van der Waals surface area contributed by atoms with Gasteiger partial charge in [-0.15, -0.1) is 0 Å². The summed E-state index contributed by atoms with van der Waals surface area (Å²) in [5.41, 5.74) is 2.95. The summed E-state index contributed by atoms with van der Waals surface area (Å²) in [7, 11) is 0. The van der Waals surface area contributed by atoms with Crippen molar-refractivity contribution in [3.8, 4) is 0 Å². The van der Waals surface area contributed by atoms with Crippen molar-refractivity contribution in [3.05, 3.63) is 83.3 Å². The lowest BCUT2D eigenvalue weighted by molar-refractivity contribution is -0.121. The number of halogens is 1. The SMILES string of the molecule is CC(C)(C)c1ccc(Cn2nccc2NC(=O)C2CCN(C(=O)c3ccc(F)cc3)CC2)cc1. The number of carbonyl (C=O) groups is 2. The Morgan fingerprint density at radius 3 is 2.26 bits per heavy atom. The molecule has 1 fully saturated rings. The number of nitrogens with zero attached hydrogens (tertiary/aromatic N) is 3. The van der Waals surface area contributed by atoms with Gasteiger partial charge in [-0.05, 0) is 53.6 Å². The monoisotopic (exact) mass is 462 g/mol. The van der Waals surface area contributed by atoms with Gasteiger partial charge in [-0.2, -0.15) is 5.10 Å². The summed E-state index contributed by atoms with van der Waals surface area (Å²) in [6.45, 7) is 8.12. The Labute approximate surface area is 199 Å². The minimum absolute atomic E-state index is 0.0567. The molecule has 2 heterocycles. The summed E-state index contributed by atoms with van der Waals surface area (Å²) in [4.78, 5) is 27.3. The number of carbonyl (C=O) groups excluding carboxylic acids is 2. The maximum atomic E-state index is 13.1. The summed E-state index contributed by atoms with van der Waals surface area (Å²) >= 11 is 0. The van der Waals surface area contributed by atoms with E-state index in [1.54, 1.807) is 21.8 Å². The smallest absolute Gasteiger partial charge is 0.253 e. The predicted molar refractivity (Wildman–Crippen MR) is 130 cm³/mol. The Morgan fingerprint density at radius 1 is 1.00 bits per heavy atom. The number of aromatic nitrogens is 2. The van der Waals surface area contributed by atoms with E-state index in [2.05, 4.69) is 55.5 Å². The first-order chi connectivity index (χ1) is 16.2. The molecule has 0 radical (unpaired) electrons. The van der Waals surface area contributed by atoms with Crippen molar-refractivity contribution in [1.82, 2.24) is 14.7 Å². The Kier molecular flexibility index (Phi) is 6.82. The molecule has 1 aliphatic heterocycles. The number of likely N-dealkylation sites (tertiary alicyclic amines) is 1. The first-order valence-electron chi connectivity index (χ1n) is 11.7. The normalized spacial score (nSPS) is 14.8. The van der Waals surface area contributed by atoms with Crippen molar-refractivity contribution < 1.29 is 14.0 Å². The zero-order valence-corrected chi connectivity index (χ0v) is 19.9. The predicted octanol–water partition coefficient (Wildman–Crippen LogP) is 4.86. The van der Waals surface area contributed by atoms with Gasteiger partial charge in [0.2, 0.25) is 5.91 Å². The Hall–Kier alpha value is -3.48. The van der Waals surface area contributed by atoms with E-state index in [-0.39, 0.29) is 29.0 Å². The van der Waals surface area contributed by atoms with Gasteiger partial charge in [0.15, 0.2) is 0 Å². The number of benzene rings is 2. The summed E-state index contributed by atoms with van der Waals surface area (Å²) in [5, 5.41) is 7.39. The Bertz CT molecular complexity index is 1140. The van der Waals surface area contributed by atoms with Gasteiger partial charge in [-0.25, -0.2) is 9.07 Å². The maximum absolute atomic E-state index is 13.1. The summed E-state index contributed by atoms with van der Waals surface area (Å²) < 4.78 is 14.9. The highest BCUT2D eigenvalue weighted by Gasteiger charge is 2.28. The molecule has 1 aromatic heterocycles. The van der Waals surface area contributed by atoms with Crippen molar-refractivity contribution in [1.29, 1.82) is 0 Å². The third kappa shape index (κ3) is 5.53. The van der Waals surface area contributed by atoms with Crippen molar-refractivity contribution in [2.24, 2.45) is 5.92 Å². The third-order valence-corrected chi connectivity index (χ3v) is 6.36. The molecule has 4 rings (SSSR count). The van der Waals surface area contributed by atoms with Gasteiger partial charge in [0.25, 0.3) is 5.91 Å². The van der Waals surface area contributed by atoms with Gasteiger partial charge < -0.3 is 10.2 Å². The lowest BCUT2D eigenvalue weighted by atomic mass is 9.87. The standard InChI is InChI=1S/C27H31FN4O2/c1-27(2,3)22-8-4-19(5-9-22)18-32-24(12-15-29-32)30-25(33)20-13-16-31(17-14-20)26(34)21-6-10-23(28)11-7-21/h4-12,15,20H,13-14,16-18H2,1-3H3,(H,30,33). The van der Waals surface area contributed by atoms with Crippen LogP contribution in [0.5, 0.6) is 0 Å². The molecule has 3 aromatic rings. The zero-order valence-electron chi connectivity index (χ0n) is 19.9. The topological polar surface area (TPSA) is 67.2 Å². The largest absolute Gasteiger partial charge is 0.339 e. The first kappa shape index (κ1) is 23.7. The molecule has 6 nitrogen and oxygen atoms in total. The second-order valence-corrected chi connectivity index (χ2v) is 9.88. The summed E-state index contributed by atoms with van der Waals surface area (Å²) in [5.74, 6) is -0.0670. The van der Waals surface area contributed by atoms with Crippen LogP contribution < -0.4 is 5.32 Å². The van der Waals surface area contributed by atoms with Crippen LogP contribution in [0.2, 0.25) is 0 Å². The highest BCUT2D eigenvalue weighted by Crippen LogP contribution is 2.24. The molecule has 0 aliphatic carbocycles. The van der Waals surface area contributed by atoms with Crippen molar-refractivity contribution in [2.45, 2.75) is 45.6 Å². The van der Waals surface area contributed by atoms with Crippen LogP contribution in [0.1, 0.15) is 55.1 Å². The molecule has 7 heteroatoms. The maximum Gasteiger partial charge on any atom is 0.253 e. The average Bonchev–Trinajstić information content (AvgIpc) is 3.25. The quantitative estimate of drug-likeness (QED) is 0.589. The Balaban J connectivity index is 1.32. The number of hydrogen-bond acceptors (Lipinski definition) is 3. The second-order valence-electron chi connectivity index (χ2n) is 9.88. The molecule has 1 N–H and O–H groups in total. The molecule has 34 heavy (non-hydrogen) atoms. The number of piperidine rings is 1. The van der Waals surface area contributed by atoms with Crippen molar-refractivity contribution in [2.75, 3.05) is 18.4 Å². The molecular formula is C27H31FN4O2. The van der Waals surface area contributed by atoms with Gasteiger partial charge in [-0.1, -0.05) is 45.0 Å². The van der Waals surface area contributed by atoms with Gasteiger partial charge in [0.05, 0.1) is 12.7 Å². The van der Waals surface area contributed by atoms with Gasteiger partial charge >= 0.3 is 0 Å². The van der Waals surface area contributed by atoms with E-state index < -0.39 is 0 Å². The molecule has 1 aliphatic rings. The lowest BCUT2D eigenvalue weighted by Gasteiger charge is -2.31. The Morgan fingerprint density at radius 2 is 1.65 bits per heavy atom. The molecule has 0 atom stereocenters. The molecule has 0 spiro atoms. The van der Waals surface area contributed by atoms with E-state index in [0.717, 1.165) is 5.56 Å². The third-order valence-electron chi connectivity index (χ3n) is 6.36. The second kappa shape index (κ2) is 9.79. The lowest BCUT2D eigenvalue weighted by Crippen LogP contribution is -2.41. The van der Waals surface area contributed by atoms with E-state index in [1.165, 1.54) is 29.8 Å².